The second kappa shape index (κ2) is 8.57. The Morgan fingerprint density at radius 1 is 1.00 bits per heavy atom. The summed E-state index contributed by atoms with van der Waals surface area (Å²) in [7, 11) is 0. The zero-order valence-electron chi connectivity index (χ0n) is 12.5. The van der Waals surface area contributed by atoms with Gasteiger partial charge in [-0.3, -0.25) is 4.79 Å². The highest BCUT2D eigenvalue weighted by Gasteiger charge is 2.14. The first-order valence-electron chi connectivity index (χ1n) is 7.46. The molecule has 0 atom stereocenters. The number of carbonyl (C=O) groups is 1. The maximum atomic E-state index is 12.5. The van der Waals surface area contributed by atoms with Crippen molar-refractivity contribution in [2.24, 2.45) is 5.73 Å². The van der Waals surface area contributed by atoms with Crippen LogP contribution in [0.2, 0.25) is 5.02 Å². The van der Waals surface area contributed by atoms with Crippen LogP contribution in [0.4, 0.5) is 0 Å². The first kappa shape index (κ1) is 16.5. The van der Waals surface area contributed by atoms with E-state index in [1.54, 1.807) is 6.07 Å². The molecule has 0 spiro atoms. The monoisotopic (exact) mass is 316 g/mol. The molecule has 0 aliphatic heterocycles. The normalized spacial score (nSPS) is 10.5. The summed E-state index contributed by atoms with van der Waals surface area (Å²) in [6.45, 7) is 1.70. The first-order chi connectivity index (χ1) is 10.7. The standard InChI is InChI=1S/C18H21ClN2O/c19-17-9-5-4-8-16(17)14-18(22)21(13-11-20)12-10-15-6-2-1-3-7-15/h1-9H,10-14,20H2. The van der Waals surface area contributed by atoms with Gasteiger partial charge in [0, 0.05) is 24.7 Å². The largest absolute Gasteiger partial charge is 0.341 e. The molecule has 0 aliphatic rings. The minimum absolute atomic E-state index is 0.0643. The highest BCUT2D eigenvalue weighted by atomic mass is 35.5. The molecule has 2 aromatic rings. The maximum absolute atomic E-state index is 12.5. The van der Waals surface area contributed by atoms with Crippen LogP contribution in [0.25, 0.3) is 0 Å². The number of nitrogens with zero attached hydrogens (tertiary/aromatic N) is 1. The lowest BCUT2D eigenvalue weighted by atomic mass is 10.1. The Morgan fingerprint density at radius 3 is 2.36 bits per heavy atom. The lowest BCUT2D eigenvalue weighted by Crippen LogP contribution is -2.37. The number of benzene rings is 2. The Balaban J connectivity index is 1.97. The summed E-state index contributed by atoms with van der Waals surface area (Å²) >= 11 is 6.13. The van der Waals surface area contributed by atoms with Crippen LogP contribution >= 0.6 is 11.6 Å². The summed E-state index contributed by atoms with van der Waals surface area (Å²) in [5, 5.41) is 0.631. The van der Waals surface area contributed by atoms with Crippen LogP contribution < -0.4 is 5.73 Å². The lowest BCUT2D eigenvalue weighted by Gasteiger charge is -2.22. The summed E-state index contributed by atoms with van der Waals surface area (Å²) in [4.78, 5) is 14.3. The number of carbonyl (C=O) groups excluding carboxylic acids is 1. The highest BCUT2D eigenvalue weighted by molar-refractivity contribution is 6.31. The third-order valence-corrected chi connectivity index (χ3v) is 3.93. The third-order valence-electron chi connectivity index (χ3n) is 3.56. The van der Waals surface area contributed by atoms with E-state index in [-0.39, 0.29) is 5.91 Å². The number of halogens is 1. The molecule has 0 heterocycles. The Morgan fingerprint density at radius 2 is 1.68 bits per heavy atom. The van der Waals surface area contributed by atoms with E-state index < -0.39 is 0 Å². The van der Waals surface area contributed by atoms with Gasteiger partial charge in [-0.25, -0.2) is 0 Å². The molecule has 116 valence electrons. The van der Waals surface area contributed by atoms with Gasteiger partial charge in [-0.2, -0.15) is 0 Å². The van der Waals surface area contributed by atoms with Crippen molar-refractivity contribution in [1.29, 1.82) is 0 Å². The smallest absolute Gasteiger partial charge is 0.227 e. The van der Waals surface area contributed by atoms with Crippen molar-refractivity contribution in [3.63, 3.8) is 0 Å². The van der Waals surface area contributed by atoms with Crippen molar-refractivity contribution >= 4 is 17.5 Å². The van der Waals surface area contributed by atoms with E-state index in [9.17, 15) is 4.79 Å². The number of amides is 1. The van der Waals surface area contributed by atoms with Crippen LogP contribution in [0.3, 0.4) is 0 Å². The summed E-state index contributed by atoms with van der Waals surface area (Å²) in [5.74, 6) is 0.0643. The Bertz CT molecular complexity index is 601. The zero-order valence-corrected chi connectivity index (χ0v) is 13.3. The molecular formula is C18H21ClN2O. The van der Waals surface area contributed by atoms with Gasteiger partial charge in [0.2, 0.25) is 5.91 Å². The summed E-state index contributed by atoms with van der Waals surface area (Å²) < 4.78 is 0. The molecule has 0 bridgehead atoms. The van der Waals surface area contributed by atoms with Gasteiger partial charge in [0.25, 0.3) is 0 Å². The Kier molecular flexibility index (Phi) is 6.44. The Labute approximate surface area is 136 Å². The molecule has 2 N–H and O–H groups in total. The molecular weight excluding hydrogens is 296 g/mol. The van der Waals surface area contributed by atoms with E-state index in [0.717, 1.165) is 12.0 Å². The molecule has 22 heavy (non-hydrogen) atoms. The fourth-order valence-electron chi connectivity index (χ4n) is 2.34. The number of hydrogen-bond acceptors (Lipinski definition) is 2. The second-order valence-electron chi connectivity index (χ2n) is 5.17. The fraction of sp³-hybridized carbons (Fsp3) is 0.278. The van der Waals surface area contributed by atoms with E-state index in [1.807, 2.05) is 41.3 Å². The number of rotatable bonds is 7. The predicted octanol–water partition coefficient (Wildman–Crippen LogP) is 2.91. The van der Waals surface area contributed by atoms with Gasteiger partial charge >= 0.3 is 0 Å². The molecule has 0 radical (unpaired) electrons. The molecule has 3 nitrogen and oxygen atoms in total. The number of nitrogens with two attached hydrogens (primary N) is 1. The molecule has 2 aromatic carbocycles. The van der Waals surface area contributed by atoms with Crippen LogP contribution in [0.5, 0.6) is 0 Å². The maximum Gasteiger partial charge on any atom is 0.227 e. The van der Waals surface area contributed by atoms with Gasteiger partial charge in [0.15, 0.2) is 0 Å². The molecule has 0 unspecified atom stereocenters. The minimum Gasteiger partial charge on any atom is -0.341 e. The first-order valence-corrected chi connectivity index (χ1v) is 7.83. The minimum atomic E-state index is 0.0643. The lowest BCUT2D eigenvalue weighted by molar-refractivity contribution is -0.130. The van der Waals surface area contributed by atoms with Crippen LogP contribution in [-0.2, 0) is 17.6 Å². The average Bonchev–Trinajstić information content (AvgIpc) is 2.54. The van der Waals surface area contributed by atoms with E-state index in [0.29, 0.717) is 31.1 Å². The molecule has 1 amide bonds. The molecule has 0 saturated carbocycles. The molecule has 0 saturated heterocycles. The van der Waals surface area contributed by atoms with Gasteiger partial charge in [0.05, 0.1) is 6.42 Å². The zero-order chi connectivity index (χ0) is 15.8. The average molecular weight is 317 g/mol. The van der Waals surface area contributed by atoms with E-state index in [1.165, 1.54) is 5.56 Å². The summed E-state index contributed by atoms with van der Waals surface area (Å²) in [5.41, 5.74) is 7.71. The quantitative estimate of drug-likeness (QED) is 0.853. The Hall–Kier alpha value is -1.84. The summed E-state index contributed by atoms with van der Waals surface area (Å²) in [6.07, 6.45) is 1.14. The molecule has 0 fully saturated rings. The van der Waals surface area contributed by atoms with Crippen molar-refractivity contribution in [3.8, 4) is 0 Å². The predicted molar refractivity (Wildman–Crippen MR) is 90.9 cm³/mol. The molecule has 0 aliphatic carbocycles. The molecule has 4 heteroatoms. The topological polar surface area (TPSA) is 46.3 Å². The van der Waals surface area contributed by atoms with Crippen LogP contribution in [0.15, 0.2) is 54.6 Å². The molecule has 2 rings (SSSR count). The van der Waals surface area contributed by atoms with Gasteiger partial charge < -0.3 is 10.6 Å². The molecule has 0 aromatic heterocycles. The van der Waals surface area contributed by atoms with Crippen molar-refractivity contribution in [1.82, 2.24) is 4.90 Å². The van der Waals surface area contributed by atoms with Crippen LogP contribution in [0.1, 0.15) is 11.1 Å². The van der Waals surface area contributed by atoms with Crippen molar-refractivity contribution in [2.75, 3.05) is 19.6 Å². The van der Waals surface area contributed by atoms with Crippen LogP contribution in [0, 0.1) is 0 Å². The van der Waals surface area contributed by atoms with Gasteiger partial charge in [0.1, 0.15) is 0 Å². The van der Waals surface area contributed by atoms with E-state index in [4.69, 9.17) is 17.3 Å². The van der Waals surface area contributed by atoms with Gasteiger partial charge in [-0.15, -0.1) is 0 Å². The SMILES string of the molecule is NCCN(CCc1ccccc1)C(=O)Cc1ccccc1Cl. The second-order valence-corrected chi connectivity index (χ2v) is 5.58. The summed E-state index contributed by atoms with van der Waals surface area (Å²) in [6, 6.07) is 17.6. The van der Waals surface area contributed by atoms with Crippen LogP contribution in [-0.4, -0.2) is 30.4 Å². The third kappa shape index (κ3) is 4.86. The number of hydrogen-bond donors (Lipinski definition) is 1. The fourth-order valence-corrected chi connectivity index (χ4v) is 2.54. The highest BCUT2D eigenvalue weighted by Crippen LogP contribution is 2.16. The van der Waals surface area contributed by atoms with Crippen molar-refractivity contribution < 1.29 is 4.79 Å². The van der Waals surface area contributed by atoms with Gasteiger partial charge in [-0.05, 0) is 23.6 Å². The van der Waals surface area contributed by atoms with Crippen molar-refractivity contribution in [2.45, 2.75) is 12.8 Å². The van der Waals surface area contributed by atoms with E-state index >= 15 is 0 Å². The van der Waals surface area contributed by atoms with Gasteiger partial charge in [-0.1, -0.05) is 60.1 Å². The van der Waals surface area contributed by atoms with E-state index in [2.05, 4.69) is 12.1 Å². The van der Waals surface area contributed by atoms with Crippen molar-refractivity contribution in [3.05, 3.63) is 70.7 Å².